The number of rotatable bonds is 4. The van der Waals surface area contributed by atoms with Crippen LogP contribution in [0.25, 0.3) is 0 Å². The Bertz CT molecular complexity index is 437. The third-order valence-corrected chi connectivity index (χ3v) is 5.31. The molecule has 6 heteroatoms. The Balaban J connectivity index is 3.07. The van der Waals surface area contributed by atoms with E-state index >= 15 is 0 Å². The highest BCUT2D eigenvalue weighted by Gasteiger charge is 2.31. The predicted octanol–water partition coefficient (Wildman–Crippen LogP) is 3.37. The first-order chi connectivity index (χ1) is 7.77. The molecule has 0 saturated heterocycles. The van der Waals surface area contributed by atoms with Gasteiger partial charge in [0, 0.05) is 4.47 Å². The first-order valence-corrected chi connectivity index (χ1v) is 7.51. The lowest BCUT2D eigenvalue weighted by molar-refractivity contribution is 0.353. The van der Waals surface area contributed by atoms with Gasteiger partial charge in [0.25, 0.3) is 0 Å². The molecule has 0 N–H and O–H groups in total. The molecule has 1 aromatic carbocycles. The van der Waals surface area contributed by atoms with Crippen LogP contribution in [0.1, 0.15) is 5.56 Å². The Kier molecular flexibility index (Phi) is 4.78. The molecule has 0 saturated carbocycles. The van der Waals surface area contributed by atoms with Crippen LogP contribution in [0.3, 0.4) is 0 Å². The zero-order valence-electron chi connectivity index (χ0n) is 10.8. The third kappa shape index (κ3) is 3.32. The van der Waals surface area contributed by atoms with Crippen molar-refractivity contribution >= 4 is 23.6 Å². The van der Waals surface area contributed by atoms with Crippen molar-refractivity contribution in [3.8, 4) is 5.75 Å². The van der Waals surface area contributed by atoms with Crippen molar-refractivity contribution in [2.45, 2.75) is 6.92 Å². The van der Waals surface area contributed by atoms with Crippen molar-refractivity contribution in [1.29, 1.82) is 0 Å². The average Bonchev–Trinajstić information content (AvgIpc) is 2.21. The van der Waals surface area contributed by atoms with Gasteiger partial charge in [0.15, 0.2) is 0 Å². The molecule has 0 aliphatic rings. The lowest BCUT2D eigenvalue weighted by Crippen LogP contribution is -2.24. The van der Waals surface area contributed by atoms with Crippen LogP contribution in [0.2, 0.25) is 0 Å². The van der Waals surface area contributed by atoms with Crippen molar-refractivity contribution < 1.29 is 9.09 Å². The SMILES string of the molecule is Cc1cc(Br)ccc1OP(=O)(N(C)C)N(C)C. The second kappa shape index (κ2) is 5.53. The van der Waals surface area contributed by atoms with Gasteiger partial charge >= 0.3 is 7.67 Å². The van der Waals surface area contributed by atoms with Gasteiger partial charge in [-0.15, -0.1) is 0 Å². The van der Waals surface area contributed by atoms with Gasteiger partial charge in [-0.1, -0.05) is 15.9 Å². The maximum Gasteiger partial charge on any atom is 0.394 e. The number of nitrogens with zero attached hydrogens (tertiary/aromatic N) is 2. The summed E-state index contributed by atoms with van der Waals surface area (Å²) in [5.41, 5.74) is 0.948. The molecule has 4 nitrogen and oxygen atoms in total. The molecule has 0 spiro atoms. The van der Waals surface area contributed by atoms with Crippen LogP contribution in [0.5, 0.6) is 5.75 Å². The summed E-state index contributed by atoms with van der Waals surface area (Å²) in [6.45, 7) is 1.93. The van der Waals surface area contributed by atoms with E-state index in [-0.39, 0.29) is 0 Å². The lowest BCUT2D eigenvalue weighted by Gasteiger charge is -2.30. The maximum atomic E-state index is 12.6. The Morgan fingerprint density at radius 1 is 1.18 bits per heavy atom. The molecule has 0 unspecified atom stereocenters. The van der Waals surface area contributed by atoms with Gasteiger partial charge < -0.3 is 4.52 Å². The normalized spacial score (nSPS) is 12.2. The molecule has 0 heterocycles. The number of hydrogen-bond donors (Lipinski definition) is 0. The molecule has 0 aliphatic carbocycles. The molecule has 0 aromatic heterocycles. The molecule has 17 heavy (non-hydrogen) atoms. The van der Waals surface area contributed by atoms with Crippen molar-refractivity contribution in [2.24, 2.45) is 0 Å². The smallest absolute Gasteiger partial charge is 0.394 e. The highest BCUT2D eigenvalue weighted by Crippen LogP contribution is 2.51. The first-order valence-electron chi connectivity index (χ1n) is 5.19. The summed E-state index contributed by atoms with van der Waals surface area (Å²) in [5.74, 6) is 0.638. The largest absolute Gasteiger partial charge is 0.422 e. The highest BCUT2D eigenvalue weighted by atomic mass is 79.9. The number of aryl methyl sites for hydroxylation is 1. The average molecular weight is 321 g/mol. The Labute approximate surface area is 111 Å². The van der Waals surface area contributed by atoms with Crippen LogP contribution < -0.4 is 4.52 Å². The van der Waals surface area contributed by atoms with Crippen molar-refractivity contribution in [2.75, 3.05) is 28.2 Å². The van der Waals surface area contributed by atoms with E-state index in [9.17, 15) is 4.57 Å². The minimum Gasteiger partial charge on any atom is -0.422 e. The molecule has 0 atom stereocenters. The van der Waals surface area contributed by atoms with E-state index in [1.165, 1.54) is 0 Å². The Hall–Kier alpha value is -0.350. The minimum absolute atomic E-state index is 0.638. The van der Waals surface area contributed by atoms with E-state index < -0.39 is 7.67 Å². The van der Waals surface area contributed by atoms with Gasteiger partial charge in [0.1, 0.15) is 5.75 Å². The number of halogens is 1. The summed E-state index contributed by atoms with van der Waals surface area (Å²) >= 11 is 3.39. The summed E-state index contributed by atoms with van der Waals surface area (Å²) in [6, 6.07) is 5.63. The minimum atomic E-state index is -2.98. The molecule has 0 radical (unpaired) electrons. The Morgan fingerprint density at radius 2 is 1.71 bits per heavy atom. The molecule has 0 bridgehead atoms. The van der Waals surface area contributed by atoms with Gasteiger partial charge in [0.2, 0.25) is 0 Å². The zero-order valence-corrected chi connectivity index (χ0v) is 13.2. The van der Waals surface area contributed by atoms with Gasteiger partial charge in [-0.05, 0) is 58.9 Å². The molecule has 0 aliphatic heterocycles. The van der Waals surface area contributed by atoms with Crippen LogP contribution in [0.15, 0.2) is 22.7 Å². The van der Waals surface area contributed by atoms with Crippen LogP contribution in [0, 0.1) is 6.92 Å². The van der Waals surface area contributed by atoms with Crippen LogP contribution in [-0.2, 0) is 4.57 Å². The second-order valence-electron chi connectivity index (χ2n) is 4.19. The third-order valence-electron chi connectivity index (χ3n) is 2.37. The molecule has 96 valence electrons. The van der Waals surface area contributed by atoms with Gasteiger partial charge in [-0.3, -0.25) is 0 Å². The van der Waals surface area contributed by atoms with E-state index in [4.69, 9.17) is 4.52 Å². The maximum absolute atomic E-state index is 12.6. The summed E-state index contributed by atoms with van der Waals surface area (Å²) in [5, 5.41) is 0. The van der Waals surface area contributed by atoms with E-state index in [0.717, 1.165) is 10.0 Å². The van der Waals surface area contributed by atoms with Gasteiger partial charge in [-0.2, -0.15) is 0 Å². The highest BCUT2D eigenvalue weighted by molar-refractivity contribution is 9.10. The predicted molar refractivity (Wildman–Crippen MR) is 74.5 cm³/mol. The monoisotopic (exact) mass is 320 g/mol. The lowest BCUT2D eigenvalue weighted by atomic mass is 10.2. The fourth-order valence-corrected chi connectivity index (χ4v) is 3.34. The number of benzene rings is 1. The fraction of sp³-hybridized carbons (Fsp3) is 0.455. The van der Waals surface area contributed by atoms with E-state index in [1.807, 2.05) is 25.1 Å². The van der Waals surface area contributed by atoms with E-state index in [1.54, 1.807) is 37.5 Å². The summed E-state index contributed by atoms with van der Waals surface area (Å²) in [7, 11) is 4.00. The molecule has 1 rings (SSSR count). The summed E-state index contributed by atoms with van der Waals surface area (Å²) < 4.78 is 22.5. The second-order valence-corrected chi connectivity index (χ2v) is 7.87. The molecule has 0 fully saturated rings. The van der Waals surface area contributed by atoms with Crippen LogP contribution >= 0.6 is 23.6 Å². The van der Waals surface area contributed by atoms with Gasteiger partial charge in [-0.25, -0.2) is 13.9 Å². The van der Waals surface area contributed by atoms with E-state index in [2.05, 4.69) is 15.9 Å². The van der Waals surface area contributed by atoms with Crippen molar-refractivity contribution in [1.82, 2.24) is 9.34 Å². The molecule has 1 aromatic rings. The molecular formula is C11H18BrN2O2P. The molecular weight excluding hydrogens is 303 g/mol. The molecule has 0 amide bonds. The van der Waals surface area contributed by atoms with Gasteiger partial charge in [0.05, 0.1) is 0 Å². The van der Waals surface area contributed by atoms with Crippen LogP contribution in [0.4, 0.5) is 0 Å². The number of hydrogen-bond acceptors (Lipinski definition) is 2. The summed E-state index contributed by atoms with van der Waals surface area (Å²) in [4.78, 5) is 0. The van der Waals surface area contributed by atoms with E-state index in [0.29, 0.717) is 5.75 Å². The standard InChI is InChI=1S/C11H18BrN2O2P/c1-9-8-10(12)6-7-11(9)16-17(15,13(2)3)14(4)5/h6-8H,1-5H3. The topological polar surface area (TPSA) is 32.8 Å². The quantitative estimate of drug-likeness (QED) is 0.796. The Morgan fingerprint density at radius 3 is 2.12 bits per heavy atom. The zero-order chi connectivity index (χ0) is 13.2. The first kappa shape index (κ1) is 14.7. The fourth-order valence-electron chi connectivity index (χ4n) is 1.36. The van der Waals surface area contributed by atoms with Crippen molar-refractivity contribution in [3.63, 3.8) is 0 Å². The summed E-state index contributed by atoms with van der Waals surface area (Å²) in [6.07, 6.45) is 0. The van der Waals surface area contributed by atoms with Crippen molar-refractivity contribution in [3.05, 3.63) is 28.2 Å². The van der Waals surface area contributed by atoms with Crippen LogP contribution in [-0.4, -0.2) is 37.5 Å².